The van der Waals surface area contributed by atoms with E-state index in [-0.39, 0.29) is 6.23 Å². The third kappa shape index (κ3) is 12.3. The zero-order valence-electron chi connectivity index (χ0n) is 17.2. The summed E-state index contributed by atoms with van der Waals surface area (Å²) in [6, 6.07) is 21.6. The zero-order chi connectivity index (χ0) is 19.9. The zero-order valence-corrected chi connectivity index (χ0v) is 17.2. The molecule has 0 bridgehead atoms. The van der Waals surface area contributed by atoms with Gasteiger partial charge in [0, 0.05) is 6.04 Å². The molecule has 1 aliphatic rings. The summed E-state index contributed by atoms with van der Waals surface area (Å²) in [4.78, 5) is 0. The van der Waals surface area contributed by atoms with Gasteiger partial charge >= 0.3 is 0 Å². The molecule has 1 heterocycles. The molecule has 4 nitrogen and oxygen atoms in total. The molecule has 2 aromatic rings. The first-order valence-corrected chi connectivity index (χ1v) is 9.80. The van der Waals surface area contributed by atoms with Crippen molar-refractivity contribution in [1.29, 1.82) is 0 Å². The molecule has 1 saturated heterocycles. The van der Waals surface area contributed by atoms with E-state index in [1.54, 1.807) is 0 Å². The average molecular weight is 373 g/mol. The van der Waals surface area contributed by atoms with Crippen LogP contribution in [0.1, 0.15) is 38.8 Å². The quantitative estimate of drug-likeness (QED) is 0.828. The van der Waals surface area contributed by atoms with Gasteiger partial charge in [-0.15, -0.1) is 0 Å². The predicted molar refractivity (Wildman–Crippen MR) is 114 cm³/mol. The van der Waals surface area contributed by atoms with E-state index in [2.05, 4.69) is 67.7 Å². The maximum absolute atomic E-state index is 5.33. The monoisotopic (exact) mass is 372 g/mol. The molecule has 3 rings (SSSR count). The SMILES string of the molecule is CC(C)N.CC(Cc1ccccc1)NC1COCO1.CCc1ccccc1. The third-order valence-electron chi connectivity index (χ3n) is 3.73. The van der Waals surface area contributed by atoms with Gasteiger partial charge in [-0.25, -0.2) is 0 Å². The highest BCUT2D eigenvalue weighted by Crippen LogP contribution is 2.06. The molecule has 2 atom stereocenters. The second-order valence-corrected chi connectivity index (χ2v) is 6.98. The van der Waals surface area contributed by atoms with Crippen molar-refractivity contribution in [3.63, 3.8) is 0 Å². The number of nitrogens with two attached hydrogens (primary N) is 1. The largest absolute Gasteiger partial charge is 0.351 e. The summed E-state index contributed by atoms with van der Waals surface area (Å²) in [6.45, 7) is 9.28. The highest BCUT2D eigenvalue weighted by Gasteiger charge is 2.17. The van der Waals surface area contributed by atoms with Crippen LogP contribution in [0.15, 0.2) is 60.7 Å². The van der Waals surface area contributed by atoms with Crippen molar-refractivity contribution in [3.05, 3.63) is 71.8 Å². The van der Waals surface area contributed by atoms with Crippen molar-refractivity contribution in [2.24, 2.45) is 5.73 Å². The van der Waals surface area contributed by atoms with Gasteiger partial charge < -0.3 is 15.2 Å². The average Bonchev–Trinajstić information content (AvgIpc) is 3.16. The number of hydrogen-bond donors (Lipinski definition) is 2. The van der Waals surface area contributed by atoms with E-state index < -0.39 is 0 Å². The van der Waals surface area contributed by atoms with Crippen LogP contribution < -0.4 is 11.1 Å². The van der Waals surface area contributed by atoms with Crippen molar-refractivity contribution in [3.8, 4) is 0 Å². The molecule has 4 heteroatoms. The van der Waals surface area contributed by atoms with Crippen LogP contribution in [0, 0.1) is 0 Å². The Kier molecular flexibility index (Phi) is 12.4. The molecule has 0 saturated carbocycles. The van der Waals surface area contributed by atoms with Crippen LogP contribution in [0.3, 0.4) is 0 Å². The highest BCUT2D eigenvalue weighted by molar-refractivity contribution is 5.15. The molecule has 3 N–H and O–H groups in total. The molecule has 2 aromatic carbocycles. The van der Waals surface area contributed by atoms with E-state index in [9.17, 15) is 0 Å². The normalized spacial score (nSPS) is 16.7. The molecule has 0 aromatic heterocycles. The minimum absolute atomic E-state index is 0.0590. The maximum Gasteiger partial charge on any atom is 0.149 e. The van der Waals surface area contributed by atoms with E-state index in [1.807, 2.05) is 26.0 Å². The molecule has 0 spiro atoms. The fraction of sp³-hybridized carbons (Fsp3) is 0.478. The van der Waals surface area contributed by atoms with Crippen LogP contribution in [-0.2, 0) is 22.3 Å². The molecular weight excluding hydrogens is 336 g/mol. The van der Waals surface area contributed by atoms with Crippen LogP contribution in [0.4, 0.5) is 0 Å². The molecule has 0 amide bonds. The molecule has 2 unspecified atom stereocenters. The van der Waals surface area contributed by atoms with Crippen LogP contribution in [0.5, 0.6) is 0 Å². The minimum atomic E-state index is 0.0590. The molecule has 0 aliphatic carbocycles. The van der Waals surface area contributed by atoms with Gasteiger partial charge in [0.25, 0.3) is 0 Å². The van der Waals surface area contributed by atoms with E-state index in [1.165, 1.54) is 11.1 Å². The minimum Gasteiger partial charge on any atom is -0.351 e. The Morgan fingerprint density at radius 3 is 1.89 bits per heavy atom. The van der Waals surface area contributed by atoms with Gasteiger partial charge in [-0.2, -0.15) is 0 Å². The van der Waals surface area contributed by atoms with Gasteiger partial charge in [-0.3, -0.25) is 5.32 Å². The molecule has 27 heavy (non-hydrogen) atoms. The van der Waals surface area contributed by atoms with Crippen LogP contribution in [0.2, 0.25) is 0 Å². The Labute approximate surface area is 165 Å². The lowest BCUT2D eigenvalue weighted by Gasteiger charge is -2.17. The van der Waals surface area contributed by atoms with Crippen molar-refractivity contribution in [2.45, 2.75) is 58.8 Å². The third-order valence-corrected chi connectivity index (χ3v) is 3.73. The van der Waals surface area contributed by atoms with Crippen molar-refractivity contribution < 1.29 is 9.47 Å². The number of rotatable bonds is 5. The Morgan fingerprint density at radius 2 is 1.48 bits per heavy atom. The number of aryl methyl sites for hydroxylation is 1. The Morgan fingerprint density at radius 1 is 0.963 bits per heavy atom. The topological polar surface area (TPSA) is 56.5 Å². The van der Waals surface area contributed by atoms with Gasteiger partial charge in [0.05, 0.1) is 6.61 Å². The summed E-state index contributed by atoms with van der Waals surface area (Å²) in [6.07, 6.45) is 2.21. The first-order valence-electron chi connectivity index (χ1n) is 9.80. The van der Waals surface area contributed by atoms with Crippen molar-refractivity contribution in [2.75, 3.05) is 13.4 Å². The molecule has 0 radical (unpaired) electrons. The summed E-state index contributed by atoms with van der Waals surface area (Å²) in [5.41, 5.74) is 7.86. The van der Waals surface area contributed by atoms with Gasteiger partial charge in [-0.05, 0) is 36.9 Å². The van der Waals surface area contributed by atoms with Gasteiger partial charge in [0.15, 0.2) is 0 Å². The van der Waals surface area contributed by atoms with E-state index in [0.29, 0.717) is 25.5 Å². The highest BCUT2D eigenvalue weighted by atomic mass is 16.7. The van der Waals surface area contributed by atoms with Crippen LogP contribution >= 0.6 is 0 Å². The summed E-state index contributed by atoms with van der Waals surface area (Å²) in [5.74, 6) is 0. The lowest BCUT2D eigenvalue weighted by atomic mass is 10.1. The summed E-state index contributed by atoms with van der Waals surface area (Å²) in [7, 11) is 0. The second-order valence-electron chi connectivity index (χ2n) is 6.98. The van der Waals surface area contributed by atoms with E-state index in [4.69, 9.17) is 15.2 Å². The molecule has 1 fully saturated rings. The first kappa shape index (κ1) is 23.3. The smallest absolute Gasteiger partial charge is 0.149 e. The van der Waals surface area contributed by atoms with Gasteiger partial charge in [0.1, 0.15) is 13.0 Å². The maximum atomic E-state index is 5.33. The Hall–Kier alpha value is -1.72. The van der Waals surface area contributed by atoms with Crippen molar-refractivity contribution >= 4 is 0 Å². The van der Waals surface area contributed by atoms with Gasteiger partial charge in [-0.1, -0.05) is 81.4 Å². The van der Waals surface area contributed by atoms with Crippen LogP contribution in [-0.4, -0.2) is 31.7 Å². The second kappa shape index (κ2) is 14.4. The van der Waals surface area contributed by atoms with Gasteiger partial charge in [0.2, 0.25) is 0 Å². The summed E-state index contributed by atoms with van der Waals surface area (Å²) in [5, 5.41) is 3.38. The number of hydrogen-bond acceptors (Lipinski definition) is 4. The van der Waals surface area contributed by atoms with Crippen LogP contribution in [0.25, 0.3) is 0 Å². The lowest BCUT2D eigenvalue weighted by Crippen LogP contribution is -2.39. The molecule has 150 valence electrons. The predicted octanol–water partition coefficient (Wildman–Crippen LogP) is 4.14. The standard InChI is InChI=1S/C12H17NO2.C8H10.C3H9N/c1-10(13-12-8-14-9-15-12)7-11-5-3-2-4-6-11;1-2-8-6-4-3-5-7-8;1-3(2)4/h2-6,10,12-13H,7-9H2,1H3;3-7H,2H2,1H3;3H,4H2,1-2H3. The van der Waals surface area contributed by atoms with Crippen molar-refractivity contribution in [1.82, 2.24) is 5.32 Å². The fourth-order valence-corrected chi connectivity index (χ4v) is 2.49. The molecule has 1 aliphatic heterocycles. The number of nitrogens with one attached hydrogen (secondary N) is 1. The summed E-state index contributed by atoms with van der Waals surface area (Å²) >= 11 is 0. The van der Waals surface area contributed by atoms with E-state index >= 15 is 0 Å². The Bertz CT molecular complexity index is 567. The molecular formula is C23H36N2O2. The first-order chi connectivity index (χ1) is 13.0. The lowest BCUT2D eigenvalue weighted by molar-refractivity contribution is 0.0338. The summed E-state index contributed by atoms with van der Waals surface area (Å²) < 4.78 is 10.5. The Balaban J connectivity index is 0.000000254. The fourth-order valence-electron chi connectivity index (χ4n) is 2.49. The number of benzene rings is 2. The number of ether oxygens (including phenoxy) is 2. The van der Waals surface area contributed by atoms with E-state index in [0.717, 1.165) is 12.8 Å².